The molecule has 18 heavy (non-hydrogen) atoms. The van der Waals surface area contributed by atoms with Crippen molar-refractivity contribution >= 4 is 6.45 Å². The van der Waals surface area contributed by atoms with Crippen LogP contribution in [0.25, 0.3) is 0 Å². The smallest absolute Gasteiger partial charge is 0.293 e. The van der Waals surface area contributed by atoms with Gasteiger partial charge < -0.3 is 34.6 Å². The van der Waals surface area contributed by atoms with Gasteiger partial charge in [-0.2, -0.15) is 0 Å². The molecule has 1 saturated heterocycles. The minimum atomic E-state index is -1.48. The second-order valence-electron chi connectivity index (χ2n) is 3.85. The van der Waals surface area contributed by atoms with Crippen LogP contribution in [0.15, 0.2) is 0 Å². The summed E-state index contributed by atoms with van der Waals surface area (Å²) in [5, 5.41) is 37.5. The molecule has 106 valence electrons. The minimum absolute atomic E-state index is 0.0141. The zero-order valence-corrected chi connectivity index (χ0v) is 9.64. The fourth-order valence-electron chi connectivity index (χ4n) is 1.58. The van der Waals surface area contributed by atoms with Gasteiger partial charge in [-0.1, -0.05) is 0 Å². The van der Waals surface area contributed by atoms with Gasteiger partial charge in [-0.3, -0.25) is 4.79 Å². The Morgan fingerprint density at radius 2 is 1.94 bits per heavy atom. The van der Waals surface area contributed by atoms with Crippen molar-refractivity contribution in [1.29, 1.82) is 0 Å². The molecule has 5 atom stereocenters. The lowest BCUT2D eigenvalue weighted by Gasteiger charge is -2.39. The Morgan fingerprint density at radius 3 is 2.56 bits per heavy atom. The number of hydrogen-bond donors (Lipinski definition) is 4. The predicted molar refractivity (Wildman–Crippen MR) is 56.4 cm³/mol. The molecule has 1 rings (SSSR count). The summed E-state index contributed by atoms with van der Waals surface area (Å²) in [5.74, 6) is 0. The molecule has 4 N–H and O–H groups in total. The van der Waals surface area contributed by atoms with E-state index in [0.717, 1.165) is 0 Å². The topological polar surface area (TPSA) is 126 Å². The lowest BCUT2D eigenvalue weighted by Crippen LogP contribution is -2.59. The van der Waals surface area contributed by atoms with Crippen molar-refractivity contribution in [2.24, 2.45) is 0 Å². The first kappa shape index (κ1) is 13.7. The van der Waals surface area contributed by atoms with Crippen LogP contribution in [0, 0.1) is 0 Å². The normalized spacial score (nSPS) is 37.1. The molecule has 0 amide bonds. The molecule has 0 radical (unpaired) electrons. The molecule has 8 nitrogen and oxygen atoms in total. The zero-order valence-electron chi connectivity index (χ0n) is 10.6. The number of ether oxygens (including phenoxy) is 3. The summed E-state index contributed by atoms with van der Waals surface area (Å²) < 4.78 is 21.0. The van der Waals surface area contributed by atoms with E-state index in [9.17, 15) is 20.1 Å². The molecule has 0 saturated carbocycles. The van der Waals surface area contributed by atoms with Crippen LogP contribution in [0.4, 0.5) is 0 Å². The Bertz CT molecular complexity index is 287. The number of carbonyl (C=O) groups excluding carboxylic acids is 1. The number of aliphatic hydroxyl groups excluding tert-OH is 4. The first-order valence-corrected chi connectivity index (χ1v) is 5.53. The number of hydrogen-bond acceptors (Lipinski definition) is 8. The van der Waals surface area contributed by atoms with E-state index in [1.165, 1.54) is 0 Å². The maximum Gasteiger partial charge on any atom is 0.293 e. The van der Waals surface area contributed by atoms with Gasteiger partial charge in [-0.15, -0.1) is 0 Å². The van der Waals surface area contributed by atoms with Crippen molar-refractivity contribution in [2.45, 2.75) is 37.1 Å². The van der Waals surface area contributed by atoms with Crippen LogP contribution >= 0.6 is 0 Å². The quantitative estimate of drug-likeness (QED) is 0.304. The average Bonchev–Trinajstić information content (AvgIpc) is 2.37. The molecule has 0 aromatic carbocycles. The highest BCUT2D eigenvalue weighted by molar-refractivity contribution is 5.36. The molecule has 0 bridgehead atoms. The third-order valence-electron chi connectivity index (χ3n) is 2.58. The summed E-state index contributed by atoms with van der Waals surface area (Å²) in [6.07, 6.45) is -7.44. The molecule has 0 spiro atoms. The highest BCUT2D eigenvalue weighted by atomic mass is 16.7. The van der Waals surface area contributed by atoms with Crippen molar-refractivity contribution < 1.29 is 40.8 Å². The average molecular weight is 267 g/mol. The molecule has 8 heteroatoms. The fourth-order valence-corrected chi connectivity index (χ4v) is 1.58. The van der Waals surface area contributed by atoms with Crippen LogP contribution < -0.4 is 0 Å². The maximum absolute atomic E-state index is 10.2. The molecular weight excluding hydrogens is 248 g/mol. The molecule has 0 aromatic rings. The molecule has 0 aromatic heterocycles. The summed E-state index contributed by atoms with van der Waals surface area (Å²) in [6, 6.07) is 0. The Hall–Kier alpha value is -0.770. The highest BCUT2D eigenvalue weighted by Gasteiger charge is 2.43. The van der Waals surface area contributed by atoms with Crippen molar-refractivity contribution in [2.75, 3.05) is 19.8 Å². The predicted octanol–water partition coefficient (Wildman–Crippen LogP) is -2.63. The highest BCUT2D eigenvalue weighted by Crippen LogP contribution is 2.21. The lowest BCUT2D eigenvalue weighted by molar-refractivity contribution is -0.301. The molecule has 1 aliphatic heterocycles. The number of aliphatic hydroxyl groups is 4. The fraction of sp³-hybridized carbons (Fsp3) is 0.900. The first-order chi connectivity index (χ1) is 8.97. The van der Waals surface area contributed by atoms with Crippen molar-refractivity contribution in [1.82, 2.24) is 0 Å². The van der Waals surface area contributed by atoms with Gasteiger partial charge in [0.1, 0.15) is 24.4 Å². The summed E-state index contributed by atoms with van der Waals surface area (Å²) in [4.78, 5) is 10.2. The van der Waals surface area contributed by atoms with E-state index in [1.54, 1.807) is 0 Å². The first-order valence-electron chi connectivity index (χ1n) is 6.03. The van der Waals surface area contributed by atoms with Gasteiger partial charge in [0.05, 0.1) is 19.8 Å². The monoisotopic (exact) mass is 267 g/mol. The van der Waals surface area contributed by atoms with Crippen LogP contribution in [0.2, 0.25) is 0 Å². The Kier molecular flexibility index (Phi) is 5.78. The van der Waals surface area contributed by atoms with Crippen LogP contribution in [0.5, 0.6) is 0 Å². The Morgan fingerprint density at radius 1 is 1.22 bits per heavy atom. The summed E-state index contributed by atoms with van der Waals surface area (Å²) in [6.45, 7) is -0.489. The molecular formula is C10H18O8. The molecule has 1 fully saturated rings. The van der Waals surface area contributed by atoms with Crippen LogP contribution in [-0.2, 0) is 19.0 Å². The van der Waals surface area contributed by atoms with Gasteiger partial charge in [0.2, 0.25) is 0 Å². The van der Waals surface area contributed by atoms with E-state index >= 15 is 0 Å². The standard InChI is InChI=1S/C10H18O8/c11-4-6-7(13)8(14)9(15)10(18-6)17-3-1-2-16-5-12/h5-11,13-15H,1-4H2/t6-,7?,8+,9-,10+/m1/s1/i5D. The SMILES string of the molecule is [2H]C(=O)OCCCO[C@H]1O[C@H](CO)C(O)[C@H](O)[C@H]1O. The zero-order chi connectivity index (χ0) is 14.4. The van der Waals surface area contributed by atoms with Gasteiger partial charge in [-0.25, -0.2) is 0 Å². The van der Waals surface area contributed by atoms with E-state index in [-0.39, 0.29) is 19.6 Å². The summed E-state index contributed by atoms with van der Waals surface area (Å²) in [5.41, 5.74) is 0. The molecule has 0 aliphatic carbocycles. The summed E-state index contributed by atoms with van der Waals surface area (Å²) >= 11 is 0. The van der Waals surface area contributed by atoms with Crippen LogP contribution in [0.3, 0.4) is 0 Å². The van der Waals surface area contributed by atoms with Gasteiger partial charge in [0.25, 0.3) is 6.45 Å². The van der Waals surface area contributed by atoms with Crippen molar-refractivity contribution in [3.05, 3.63) is 0 Å². The molecule has 1 aliphatic rings. The Balaban J connectivity index is 2.33. The van der Waals surface area contributed by atoms with E-state index < -0.39 is 43.8 Å². The van der Waals surface area contributed by atoms with E-state index in [1.807, 2.05) is 0 Å². The van der Waals surface area contributed by atoms with E-state index in [2.05, 4.69) is 4.74 Å². The van der Waals surface area contributed by atoms with E-state index in [0.29, 0.717) is 0 Å². The minimum Gasteiger partial charge on any atom is -0.468 e. The second kappa shape index (κ2) is 7.62. The third-order valence-corrected chi connectivity index (χ3v) is 2.58. The van der Waals surface area contributed by atoms with Gasteiger partial charge in [-0.05, 0) is 0 Å². The van der Waals surface area contributed by atoms with Crippen LogP contribution in [-0.4, -0.2) is 77.4 Å². The van der Waals surface area contributed by atoms with Crippen LogP contribution in [0.1, 0.15) is 7.79 Å². The van der Waals surface area contributed by atoms with Gasteiger partial charge in [0, 0.05) is 6.42 Å². The Labute approximate surface area is 105 Å². The van der Waals surface area contributed by atoms with E-state index in [4.69, 9.17) is 16.0 Å². The molecule has 1 heterocycles. The number of carbonyl (C=O) groups is 1. The third kappa shape index (κ3) is 3.87. The molecule has 1 unspecified atom stereocenters. The lowest BCUT2D eigenvalue weighted by atomic mass is 9.99. The van der Waals surface area contributed by atoms with Crippen molar-refractivity contribution in [3.8, 4) is 0 Å². The summed E-state index contributed by atoms with van der Waals surface area (Å²) in [7, 11) is 0. The van der Waals surface area contributed by atoms with Gasteiger partial charge in [0.15, 0.2) is 7.66 Å². The van der Waals surface area contributed by atoms with Crippen molar-refractivity contribution in [3.63, 3.8) is 0 Å². The maximum atomic E-state index is 10.2. The largest absolute Gasteiger partial charge is 0.468 e. The second-order valence-corrected chi connectivity index (χ2v) is 3.85. The number of rotatable bonds is 6. The van der Waals surface area contributed by atoms with Gasteiger partial charge >= 0.3 is 0 Å².